The van der Waals surface area contributed by atoms with E-state index in [0.29, 0.717) is 5.92 Å². The van der Waals surface area contributed by atoms with Crippen LogP contribution in [0.4, 0.5) is 0 Å². The van der Waals surface area contributed by atoms with Crippen molar-refractivity contribution in [3.63, 3.8) is 0 Å². The predicted octanol–water partition coefficient (Wildman–Crippen LogP) is 0.811. The van der Waals surface area contributed by atoms with Crippen molar-refractivity contribution in [2.45, 2.75) is 25.8 Å². The molecule has 0 radical (unpaired) electrons. The lowest BCUT2D eigenvalue weighted by Crippen LogP contribution is -2.10. The van der Waals surface area contributed by atoms with Gasteiger partial charge in [0, 0.05) is 25.3 Å². The molecule has 2 N–H and O–H groups in total. The number of hydrogen-bond acceptors (Lipinski definition) is 3. The van der Waals surface area contributed by atoms with Crippen LogP contribution in [0.25, 0.3) is 0 Å². The minimum Gasteiger partial charge on any atom is -0.381 e. The van der Waals surface area contributed by atoms with Crippen molar-refractivity contribution in [3.8, 4) is 0 Å². The summed E-state index contributed by atoms with van der Waals surface area (Å²) in [7, 11) is 0. The van der Waals surface area contributed by atoms with Gasteiger partial charge in [-0.3, -0.25) is 4.68 Å². The molecule has 4 heteroatoms. The lowest BCUT2D eigenvalue weighted by Gasteiger charge is -2.06. The van der Waals surface area contributed by atoms with Crippen LogP contribution in [0.5, 0.6) is 0 Å². The molecule has 2 rings (SSSR count). The fraction of sp³-hybridized carbons (Fsp3) is 0.727. The smallest absolute Gasteiger partial charge is 0.0521 e. The van der Waals surface area contributed by atoms with E-state index in [2.05, 4.69) is 11.3 Å². The van der Waals surface area contributed by atoms with E-state index in [1.807, 2.05) is 10.9 Å². The van der Waals surface area contributed by atoms with Crippen molar-refractivity contribution in [2.24, 2.45) is 11.7 Å². The Morgan fingerprint density at radius 2 is 2.53 bits per heavy atom. The molecule has 1 aliphatic rings. The fourth-order valence-electron chi connectivity index (χ4n) is 1.93. The van der Waals surface area contributed by atoms with Gasteiger partial charge in [0.15, 0.2) is 0 Å². The molecule has 1 fully saturated rings. The maximum absolute atomic E-state index is 5.47. The monoisotopic (exact) mass is 209 g/mol. The molecule has 0 aromatic carbocycles. The molecule has 1 aromatic rings. The van der Waals surface area contributed by atoms with Crippen LogP contribution in [0.15, 0.2) is 12.4 Å². The van der Waals surface area contributed by atoms with Gasteiger partial charge in [0.05, 0.1) is 12.8 Å². The van der Waals surface area contributed by atoms with Gasteiger partial charge >= 0.3 is 0 Å². The van der Waals surface area contributed by atoms with Crippen LogP contribution in [-0.2, 0) is 17.7 Å². The highest BCUT2D eigenvalue weighted by molar-refractivity contribution is 5.03. The first kappa shape index (κ1) is 10.6. The van der Waals surface area contributed by atoms with Crippen molar-refractivity contribution in [1.29, 1.82) is 0 Å². The second-order valence-corrected chi connectivity index (χ2v) is 4.19. The van der Waals surface area contributed by atoms with Gasteiger partial charge in [0.2, 0.25) is 0 Å². The van der Waals surface area contributed by atoms with Gasteiger partial charge in [0.1, 0.15) is 0 Å². The second kappa shape index (κ2) is 5.28. The van der Waals surface area contributed by atoms with Crippen LogP contribution < -0.4 is 5.73 Å². The Labute approximate surface area is 90.4 Å². The van der Waals surface area contributed by atoms with E-state index in [9.17, 15) is 0 Å². The highest BCUT2D eigenvalue weighted by atomic mass is 16.5. The number of nitrogens with two attached hydrogens (primary N) is 1. The third kappa shape index (κ3) is 3.04. The first-order valence-corrected chi connectivity index (χ1v) is 5.67. The van der Waals surface area contributed by atoms with E-state index < -0.39 is 0 Å². The maximum atomic E-state index is 5.47. The minimum atomic E-state index is 0.646. The summed E-state index contributed by atoms with van der Waals surface area (Å²) in [6.45, 7) is 3.54. The molecule has 4 nitrogen and oxygen atoms in total. The molecular formula is C11H19N3O. The third-order valence-electron chi connectivity index (χ3n) is 2.83. The number of nitrogens with zero attached hydrogens (tertiary/aromatic N) is 2. The summed E-state index contributed by atoms with van der Waals surface area (Å²) in [5, 5.41) is 4.35. The van der Waals surface area contributed by atoms with Crippen molar-refractivity contribution in [1.82, 2.24) is 9.78 Å². The number of aryl methyl sites for hydroxylation is 1. The lowest BCUT2D eigenvalue weighted by molar-refractivity contribution is 0.181. The minimum absolute atomic E-state index is 0.646. The molecule has 0 spiro atoms. The molecule has 0 aliphatic carbocycles. The van der Waals surface area contributed by atoms with E-state index in [1.165, 1.54) is 5.56 Å². The number of hydrogen-bond donors (Lipinski definition) is 1. The van der Waals surface area contributed by atoms with Gasteiger partial charge in [-0.2, -0.15) is 5.10 Å². The third-order valence-corrected chi connectivity index (χ3v) is 2.83. The van der Waals surface area contributed by atoms with E-state index in [0.717, 1.165) is 45.6 Å². The quantitative estimate of drug-likeness (QED) is 0.780. The molecule has 1 aromatic heterocycles. The summed E-state index contributed by atoms with van der Waals surface area (Å²) in [6.07, 6.45) is 7.33. The number of aromatic nitrogens is 2. The van der Waals surface area contributed by atoms with Crippen molar-refractivity contribution < 1.29 is 4.74 Å². The molecule has 1 aliphatic heterocycles. The van der Waals surface area contributed by atoms with Crippen molar-refractivity contribution in [3.05, 3.63) is 18.0 Å². The van der Waals surface area contributed by atoms with E-state index in [4.69, 9.17) is 10.5 Å². The Bertz CT molecular complexity index is 292. The van der Waals surface area contributed by atoms with Crippen LogP contribution >= 0.6 is 0 Å². The average Bonchev–Trinajstić information content (AvgIpc) is 2.87. The van der Waals surface area contributed by atoms with Gasteiger partial charge in [0.25, 0.3) is 0 Å². The molecule has 2 heterocycles. The second-order valence-electron chi connectivity index (χ2n) is 4.19. The Morgan fingerprint density at radius 3 is 3.27 bits per heavy atom. The van der Waals surface area contributed by atoms with Gasteiger partial charge < -0.3 is 10.5 Å². The van der Waals surface area contributed by atoms with E-state index in [1.54, 1.807) is 0 Å². The van der Waals surface area contributed by atoms with Gasteiger partial charge in [-0.15, -0.1) is 0 Å². The van der Waals surface area contributed by atoms with Crippen LogP contribution in [-0.4, -0.2) is 29.5 Å². The Kier molecular flexibility index (Phi) is 3.75. The maximum Gasteiger partial charge on any atom is 0.0521 e. The normalized spacial score (nSPS) is 21.0. The van der Waals surface area contributed by atoms with Crippen LogP contribution in [0.2, 0.25) is 0 Å². The molecule has 15 heavy (non-hydrogen) atoms. The van der Waals surface area contributed by atoms with Crippen LogP contribution in [0, 0.1) is 5.92 Å². The Hall–Kier alpha value is -0.870. The first-order valence-electron chi connectivity index (χ1n) is 5.67. The average molecular weight is 209 g/mol. The summed E-state index contributed by atoms with van der Waals surface area (Å²) < 4.78 is 7.38. The molecular weight excluding hydrogens is 190 g/mol. The SMILES string of the molecule is NCCCc1cnn(C[C@H]2CCOC2)c1. The summed E-state index contributed by atoms with van der Waals surface area (Å²) >= 11 is 0. The molecule has 84 valence electrons. The topological polar surface area (TPSA) is 53.1 Å². The number of ether oxygens (including phenoxy) is 1. The van der Waals surface area contributed by atoms with E-state index >= 15 is 0 Å². The van der Waals surface area contributed by atoms with Gasteiger partial charge in [-0.1, -0.05) is 0 Å². The lowest BCUT2D eigenvalue weighted by atomic mass is 10.1. The predicted molar refractivity (Wildman–Crippen MR) is 58.5 cm³/mol. The molecule has 1 saturated heterocycles. The standard InChI is InChI=1S/C11H19N3O/c12-4-1-2-10-6-13-14(7-10)8-11-3-5-15-9-11/h6-7,11H,1-5,8-9,12H2/t11-/m1/s1. The van der Waals surface area contributed by atoms with Crippen molar-refractivity contribution in [2.75, 3.05) is 19.8 Å². The highest BCUT2D eigenvalue weighted by Crippen LogP contribution is 2.14. The zero-order chi connectivity index (χ0) is 10.5. The number of rotatable bonds is 5. The highest BCUT2D eigenvalue weighted by Gasteiger charge is 2.16. The molecule has 0 unspecified atom stereocenters. The Morgan fingerprint density at radius 1 is 1.60 bits per heavy atom. The molecule has 0 amide bonds. The fourth-order valence-corrected chi connectivity index (χ4v) is 1.93. The molecule has 0 bridgehead atoms. The van der Waals surface area contributed by atoms with Gasteiger partial charge in [-0.05, 0) is 31.4 Å². The van der Waals surface area contributed by atoms with Crippen LogP contribution in [0.1, 0.15) is 18.4 Å². The summed E-state index contributed by atoms with van der Waals surface area (Å²) in [5.41, 5.74) is 6.76. The summed E-state index contributed by atoms with van der Waals surface area (Å²) in [4.78, 5) is 0. The molecule has 0 saturated carbocycles. The molecule has 1 atom stereocenters. The Balaban J connectivity index is 1.83. The van der Waals surface area contributed by atoms with Gasteiger partial charge in [-0.25, -0.2) is 0 Å². The zero-order valence-corrected chi connectivity index (χ0v) is 9.06. The van der Waals surface area contributed by atoms with Crippen LogP contribution in [0.3, 0.4) is 0 Å². The van der Waals surface area contributed by atoms with E-state index in [-0.39, 0.29) is 0 Å². The largest absolute Gasteiger partial charge is 0.381 e. The first-order chi connectivity index (χ1) is 7.38. The zero-order valence-electron chi connectivity index (χ0n) is 9.06. The summed E-state index contributed by atoms with van der Waals surface area (Å²) in [5.74, 6) is 0.646. The van der Waals surface area contributed by atoms with Crippen molar-refractivity contribution >= 4 is 0 Å². The summed E-state index contributed by atoms with van der Waals surface area (Å²) in [6, 6.07) is 0.